The monoisotopic (exact) mass is 290 g/mol. The number of carbonyl (C=O) groups excluding carboxylic acids is 1. The summed E-state index contributed by atoms with van der Waals surface area (Å²) in [5, 5.41) is 3.49. The fourth-order valence-electron chi connectivity index (χ4n) is 2.92. The molecule has 116 valence electrons. The molecule has 0 aromatic heterocycles. The molecule has 1 fully saturated rings. The summed E-state index contributed by atoms with van der Waals surface area (Å²) in [6.07, 6.45) is 4.45. The third kappa shape index (κ3) is 4.74. The van der Waals surface area contributed by atoms with Crippen molar-refractivity contribution in [2.24, 2.45) is 0 Å². The Kier molecular flexibility index (Phi) is 6.05. The highest BCUT2D eigenvalue weighted by Gasteiger charge is 2.26. The van der Waals surface area contributed by atoms with Crippen LogP contribution < -0.4 is 10.1 Å². The van der Waals surface area contributed by atoms with Crippen LogP contribution >= 0.6 is 0 Å². The maximum atomic E-state index is 12.2. The first-order valence-electron chi connectivity index (χ1n) is 7.87. The Labute approximate surface area is 127 Å². The summed E-state index contributed by atoms with van der Waals surface area (Å²) in [6.45, 7) is 3.28. The lowest BCUT2D eigenvalue weighted by Crippen LogP contribution is -2.44. The lowest BCUT2D eigenvalue weighted by molar-refractivity contribution is -0.134. The fraction of sp³-hybridized carbons (Fsp3) is 0.588. The topological polar surface area (TPSA) is 41.6 Å². The van der Waals surface area contributed by atoms with E-state index < -0.39 is 0 Å². The number of nitrogens with zero attached hydrogens (tertiary/aromatic N) is 1. The maximum Gasteiger partial charge on any atom is 0.260 e. The van der Waals surface area contributed by atoms with Gasteiger partial charge in [0.05, 0.1) is 0 Å². The van der Waals surface area contributed by atoms with E-state index in [0.717, 1.165) is 38.0 Å². The summed E-state index contributed by atoms with van der Waals surface area (Å²) in [5.74, 6) is 0.806. The summed E-state index contributed by atoms with van der Waals surface area (Å²) in [7, 11) is 1.90. The summed E-state index contributed by atoms with van der Waals surface area (Å²) in [6, 6.07) is 10.5. The average molecular weight is 290 g/mol. The molecule has 4 heteroatoms. The van der Waals surface area contributed by atoms with Crippen molar-refractivity contribution in [1.82, 2.24) is 10.2 Å². The Balaban J connectivity index is 1.75. The Morgan fingerprint density at radius 1 is 1.24 bits per heavy atom. The van der Waals surface area contributed by atoms with Crippen LogP contribution in [0.15, 0.2) is 30.3 Å². The number of carbonyl (C=O) groups is 1. The van der Waals surface area contributed by atoms with E-state index in [1.807, 2.05) is 42.3 Å². The van der Waals surface area contributed by atoms with Crippen LogP contribution in [0.5, 0.6) is 5.75 Å². The van der Waals surface area contributed by atoms with E-state index in [9.17, 15) is 4.79 Å². The third-order valence-electron chi connectivity index (χ3n) is 4.24. The van der Waals surface area contributed by atoms with Gasteiger partial charge in [0.2, 0.25) is 0 Å². The normalized spacial score (nSPS) is 21.8. The van der Waals surface area contributed by atoms with Crippen LogP contribution in [0, 0.1) is 0 Å². The molecular formula is C17H26N2O2. The Hall–Kier alpha value is -1.55. The van der Waals surface area contributed by atoms with Crippen LogP contribution in [0.25, 0.3) is 0 Å². The number of hydrogen-bond acceptors (Lipinski definition) is 3. The van der Waals surface area contributed by atoms with Crippen LogP contribution in [-0.2, 0) is 4.79 Å². The van der Waals surface area contributed by atoms with Crippen LogP contribution in [0.4, 0.5) is 0 Å². The Bertz CT molecular complexity index is 428. The summed E-state index contributed by atoms with van der Waals surface area (Å²) >= 11 is 0. The molecule has 1 amide bonds. The van der Waals surface area contributed by atoms with Gasteiger partial charge in [-0.25, -0.2) is 0 Å². The highest BCUT2D eigenvalue weighted by Crippen LogP contribution is 2.22. The van der Waals surface area contributed by atoms with E-state index in [1.165, 1.54) is 0 Å². The largest absolute Gasteiger partial charge is 0.484 e. The maximum absolute atomic E-state index is 12.2. The van der Waals surface area contributed by atoms with E-state index >= 15 is 0 Å². The molecule has 0 unspecified atom stereocenters. The molecule has 0 saturated heterocycles. The minimum Gasteiger partial charge on any atom is -0.484 e. The van der Waals surface area contributed by atoms with Crippen LogP contribution in [0.1, 0.15) is 32.6 Å². The first kappa shape index (κ1) is 15.8. The molecule has 4 nitrogen and oxygen atoms in total. The van der Waals surface area contributed by atoms with Gasteiger partial charge < -0.3 is 15.0 Å². The van der Waals surface area contributed by atoms with Gasteiger partial charge in [0.1, 0.15) is 5.75 Å². The molecule has 1 aromatic rings. The molecule has 1 N–H and O–H groups in total. The Morgan fingerprint density at radius 3 is 2.52 bits per heavy atom. The zero-order valence-electron chi connectivity index (χ0n) is 13.0. The van der Waals surface area contributed by atoms with E-state index in [1.54, 1.807) is 0 Å². The molecule has 0 aliphatic heterocycles. The van der Waals surface area contributed by atoms with Gasteiger partial charge in [-0.15, -0.1) is 0 Å². The number of amides is 1. The predicted molar refractivity (Wildman–Crippen MR) is 84.4 cm³/mol. The number of nitrogens with one attached hydrogen (secondary N) is 1. The van der Waals surface area contributed by atoms with Crippen molar-refractivity contribution in [2.45, 2.75) is 44.7 Å². The average Bonchev–Trinajstić information content (AvgIpc) is 2.54. The molecule has 1 aromatic carbocycles. The molecule has 0 heterocycles. The van der Waals surface area contributed by atoms with Crippen LogP contribution in [0.2, 0.25) is 0 Å². The van der Waals surface area contributed by atoms with Crippen molar-refractivity contribution < 1.29 is 9.53 Å². The zero-order chi connectivity index (χ0) is 15.1. The minimum absolute atomic E-state index is 0.0609. The molecule has 1 saturated carbocycles. The van der Waals surface area contributed by atoms with Crippen molar-refractivity contribution >= 4 is 5.91 Å². The second kappa shape index (κ2) is 8.03. The molecule has 0 atom stereocenters. The minimum atomic E-state index is 0.0609. The standard InChI is InChI=1S/C17H26N2O2/c1-3-18-14-9-11-15(12-10-14)19(2)17(20)13-21-16-7-5-4-6-8-16/h4-8,14-15,18H,3,9-13H2,1-2H3. The van der Waals surface area contributed by atoms with Gasteiger partial charge in [-0.1, -0.05) is 25.1 Å². The summed E-state index contributed by atoms with van der Waals surface area (Å²) in [4.78, 5) is 14.1. The lowest BCUT2D eigenvalue weighted by Gasteiger charge is -2.34. The fourth-order valence-corrected chi connectivity index (χ4v) is 2.92. The van der Waals surface area contributed by atoms with Crippen molar-refractivity contribution in [3.8, 4) is 5.75 Å². The number of ether oxygens (including phenoxy) is 1. The predicted octanol–water partition coefficient (Wildman–Crippen LogP) is 2.44. The summed E-state index contributed by atoms with van der Waals surface area (Å²) in [5.41, 5.74) is 0. The number of hydrogen-bond donors (Lipinski definition) is 1. The van der Waals surface area contributed by atoms with E-state index in [0.29, 0.717) is 12.1 Å². The SMILES string of the molecule is CCNC1CCC(N(C)C(=O)COc2ccccc2)CC1. The molecule has 2 rings (SSSR count). The molecular weight excluding hydrogens is 264 g/mol. The molecule has 1 aliphatic rings. The highest BCUT2D eigenvalue weighted by atomic mass is 16.5. The van der Waals surface area contributed by atoms with E-state index in [-0.39, 0.29) is 12.5 Å². The lowest BCUT2D eigenvalue weighted by atomic mass is 9.90. The first-order valence-corrected chi connectivity index (χ1v) is 7.87. The molecule has 1 aliphatic carbocycles. The quantitative estimate of drug-likeness (QED) is 0.875. The molecule has 21 heavy (non-hydrogen) atoms. The first-order chi connectivity index (χ1) is 10.2. The van der Waals surface area contributed by atoms with Gasteiger partial charge >= 0.3 is 0 Å². The van der Waals surface area contributed by atoms with Gasteiger partial charge in [0, 0.05) is 19.1 Å². The highest BCUT2D eigenvalue weighted by molar-refractivity contribution is 5.77. The second-order valence-electron chi connectivity index (χ2n) is 5.67. The van der Waals surface area contributed by atoms with Crippen molar-refractivity contribution in [3.63, 3.8) is 0 Å². The van der Waals surface area contributed by atoms with Crippen LogP contribution in [0.3, 0.4) is 0 Å². The number of rotatable bonds is 6. The number of benzene rings is 1. The van der Waals surface area contributed by atoms with Gasteiger partial charge in [0.25, 0.3) is 5.91 Å². The second-order valence-corrected chi connectivity index (χ2v) is 5.67. The number of para-hydroxylation sites is 1. The van der Waals surface area contributed by atoms with E-state index in [2.05, 4.69) is 12.2 Å². The van der Waals surface area contributed by atoms with Gasteiger partial charge in [0.15, 0.2) is 6.61 Å². The van der Waals surface area contributed by atoms with E-state index in [4.69, 9.17) is 4.74 Å². The molecule has 0 radical (unpaired) electrons. The Morgan fingerprint density at radius 2 is 1.90 bits per heavy atom. The zero-order valence-corrected chi connectivity index (χ0v) is 13.0. The number of likely N-dealkylation sites (N-methyl/N-ethyl adjacent to an activating group) is 1. The third-order valence-corrected chi connectivity index (χ3v) is 4.24. The van der Waals surface area contributed by atoms with Gasteiger partial charge in [-0.2, -0.15) is 0 Å². The van der Waals surface area contributed by atoms with Gasteiger partial charge in [-0.05, 0) is 44.4 Å². The van der Waals surface area contributed by atoms with Crippen molar-refractivity contribution in [1.29, 1.82) is 0 Å². The molecule has 0 bridgehead atoms. The summed E-state index contributed by atoms with van der Waals surface area (Å²) < 4.78 is 5.54. The van der Waals surface area contributed by atoms with Crippen molar-refractivity contribution in [2.75, 3.05) is 20.2 Å². The molecule has 0 spiro atoms. The van der Waals surface area contributed by atoms with Crippen LogP contribution in [-0.4, -0.2) is 43.1 Å². The van der Waals surface area contributed by atoms with Crippen molar-refractivity contribution in [3.05, 3.63) is 30.3 Å². The van der Waals surface area contributed by atoms with Gasteiger partial charge in [-0.3, -0.25) is 4.79 Å². The smallest absolute Gasteiger partial charge is 0.260 e.